The maximum absolute atomic E-state index is 12.4. The predicted molar refractivity (Wildman–Crippen MR) is 120 cm³/mol. The van der Waals surface area contributed by atoms with Gasteiger partial charge in [0.2, 0.25) is 12.7 Å². The number of carbonyl (C=O) groups excluding carboxylic acids is 1. The first kappa shape index (κ1) is 20.2. The SMILES string of the molecule is O=C(CSCc1nc2cccnc2n1C1CCCCC1)NCc1ccc2c(c1)OCO2. The number of nitrogens with zero attached hydrogens (tertiary/aromatic N) is 3. The maximum atomic E-state index is 12.4. The van der Waals surface area contributed by atoms with Gasteiger partial charge in [-0.3, -0.25) is 4.79 Å². The third-order valence-electron chi connectivity index (χ3n) is 5.85. The molecule has 1 N–H and O–H groups in total. The quantitative estimate of drug-likeness (QED) is 0.595. The summed E-state index contributed by atoms with van der Waals surface area (Å²) in [6, 6.07) is 10.1. The molecular formula is C23H26N4O3S. The summed E-state index contributed by atoms with van der Waals surface area (Å²) in [6.45, 7) is 0.726. The highest BCUT2D eigenvalue weighted by molar-refractivity contribution is 7.99. The zero-order valence-corrected chi connectivity index (χ0v) is 18.2. The second-order valence-electron chi connectivity index (χ2n) is 7.99. The average molecular weight is 439 g/mol. The number of thioether (sulfide) groups is 1. The van der Waals surface area contributed by atoms with E-state index in [2.05, 4.69) is 14.9 Å². The number of benzene rings is 1. The molecule has 31 heavy (non-hydrogen) atoms. The van der Waals surface area contributed by atoms with Gasteiger partial charge in [-0.2, -0.15) is 0 Å². The van der Waals surface area contributed by atoms with E-state index in [-0.39, 0.29) is 12.7 Å². The molecule has 0 atom stereocenters. The largest absolute Gasteiger partial charge is 0.454 e. The van der Waals surface area contributed by atoms with Crippen LogP contribution in [0.3, 0.4) is 0 Å². The van der Waals surface area contributed by atoms with E-state index in [1.165, 1.54) is 32.1 Å². The van der Waals surface area contributed by atoms with Crippen molar-refractivity contribution < 1.29 is 14.3 Å². The monoisotopic (exact) mass is 438 g/mol. The van der Waals surface area contributed by atoms with Crippen molar-refractivity contribution >= 4 is 28.8 Å². The molecule has 8 heteroatoms. The van der Waals surface area contributed by atoms with Crippen LogP contribution in [-0.4, -0.2) is 33.0 Å². The smallest absolute Gasteiger partial charge is 0.231 e. The Morgan fingerprint density at radius 1 is 1.16 bits per heavy atom. The molecule has 1 aliphatic heterocycles. The molecule has 0 unspecified atom stereocenters. The minimum Gasteiger partial charge on any atom is -0.454 e. The Labute approximate surface area is 185 Å². The maximum Gasteiger partial charge on any atom is 0.231 e. The fourth-order valence-corrected chi connectivity index (χ4v) is 5.11. The summed E-state index contributed by atoms with van der Waals surface area (Å²) < 4.78 is 13.0. The molecular weight excluding hydrogens is 412 g/mol. The Hall–Kier alpha value is -2.74. The van der Waals surface area contributed by atoms with E-state index in [4.69, 9.17) is 14.5 Å². The molecule has 5 rings (SSSR count). The summed E-state index contributed by atoms with van der Waals surface area (Å²) >= 11 is 1.60. The van der Waals surface area contributed by atoms with Gasteiger partial charge in [-0.15, -0.1) is 11.8 Å². The van der Waals surface area contributed by atoms with E-state index in [0.717, 1.165) is 34.1 Å². The van der Waals surface area contributed by atoms with E-state index in [0.29, 0.717) is 24.1 Å². The Kier molecular flexibility index (Phi) is 5.97. The van der Waals surface area contributed by atoms with Gasteiger partial charge in [0.25, 0.3) is 0 Å². The van der Waals surface area contributed by atoms with E-state index in [9.17, 15) is 4.79 Å². The van der Waals surface area contributed by atoms with Crippen LogP contribution in [0.1, 0.15) is 49.5 Å². The molecule has 1 amide bonds. The zero-order valence-electron chi connectivity index (χ0n) is 17.4. The molecule has 1 saturated carbocycles. The van der Waals surface area contributed by atoms with Crippen LogP contribution >= 0.6 is 11.8 Å². The first-order valence-electron chi connectivity index (χ1n) is 10.8. The van der Waals surface area contributed by atoms with Gasteiger partial charge in [0.05, 0.1) is 11.5 Å². The third-order valence-corrected chi connectivity index (χ3v) is 6.78. The lowest BCUT2D eigenvalue weighted by molar-refractivity contribution is -0.118. The average Bonchev–Trinajstić information content (AvgIpc) is 3.42. The number of carbonyl (C=O) groups is 1. The lowest BCUT2D eigenvalue weighted by Gasteiger charge is -2.25. The van der Waals surface area contributed by atoms with Crippen LogP contribution in [0, 0.1) is 0 Å². The van der Waals surface area contributed by atoms with Crippen LogP contribution in [0.15, 0.2) is 36.5 Å². The fraction of sp³-hybridized carbons (Fsp3) is 0.435. The second kappa shape index (κ2) is 9.18. The van der Waals surface area contributed by atoms with Crippen LogP contribution in [-0.2, 0) is 17.1 Å². The normalized spacial score (nSPS) is 16.0. The van der Waals surface area contributed by atoms with Gasteiger partial charge in [0.1, 0.15) is 11.3 Å². The van der Waals surface area contributed by atoms with Gasteiger partial charge in [-0.25, -0.2) is 9.97 Å². The standard InChI is InChI=1S/C23H26N4O3S/c28-22(25-12-16-8-9-19-20(11-16)30-15-29-19)14-31-13-21-26-18-7-4-10-24-23(18)27(21)17-5-2-1-3-6-17/h4,7-11,17H,1-3,5-6,12-15H2,(H,25,28). The van der Waals surface area contributed by atoms with Crippen molar-refractivity contribution in [1.29, 1.82) is 0 Å². The van der Waals surface area contributed by atoms with Gasteiger partial charge in [-0.05, 0) is 42.7 Å². The molecule has 162 valence electrons. The van der Waals surface area contributed by atoms with Gasteiger partial charge in [0, 0.05) is 18.8 Å². The molecule has 7 nitrogen and oxygen atoms in total. The van der Waals surface area contributed by atoms with Crippen LogP contribution in [0.4, 0.5) is 0 Å². The van der Waals surface area contributed by atoms with Gasteiger partial charge < -0.3 is 19.4 Å². The number of fused-ring (bicyclic) bond motifs is 2. The summed E-state index contributed by atoms with van der Waals surface area (Å²) in [4.78, 5) is 21.8. The van der Waals surface area contributed by atoms with Crippen LogP contribution in [0.5, 0.6) is 11.5 Å². The minimum atomic E-state index is 0.0149. The van der Waals surface area contributed by atoms with Crippen molar-refractivity contribution in [2.45, 2.75) is 50.4 Å². The van der Waals surface area contributed by atoms with Crippen molar-refractivity contribution in [3.63, 3.8) is 0 Å². The molecule has 1 aliphatic carbocycles. The molecule has 0 radical (unpaired) electrons. The Morgan fingerprint density at radius 2 is 2.03 bits per heavy atom. The van der Waals surface area contributed by atoms with E-state index < -0.39 is 0 Å². The van der Waals surface area contributed by atoms with Crippen LogP contribution < -0.4 is 14.8 Å². The first-order chi connectivity index (χ1) is 15.3. The molecule has 3 aromatic rings. The highest BCUT2D eigenvalue weighted by Gasteiger charge is 2.22. The summed E-state index contributed by atoms with van der Waals surface area (Å²) in [7, 11) is 0. The molecule has 0 bridgehead atoms. The van der Waals surface area contributed by atoms with Crippen LogP contribution in [0.25, 0.3) is 11.2 Å². The predicted octanol–water partition coefficient (Wildman–Crippen LogP) is 4.21. The van der Waals surface area contributed by atoms with E-state index in [1.54, 1.807) is 11.8 Å². The molecule has 2 aliphatic rings. The molecule has 1 fully saturated rings. The second-order valence-corrected chi connectivity index (χ2v) is 8.98. The van der Waals surface area contributed by atoms with Gasteiger partial charge in [0.15, 0.2) is 17.1 Å². The fourth-order valence-electron chi connectivity index (χ4n) is 4.34. The summed E-state index contributed by atoms with van der Waals surface area (Å²) in [6.07, 6.45) is 8.01. The highest BCUT2D eigenvalue weighted by Crippen LogP contribution is 2.33. The lowest BCUT2D eigenvalue weighted by atomic mass is 9.95. The van der Waals surface area contributed by atoms with Crippen molar-refractivity contribution in [1.82, 2.24) is 19.9 Å². The van der Waals surface area contributed by atoms with Gasteiger partial charge in [-0.1, -0.05) is 25.3 Å². The Bertz CT molecular complexity index is 1080. The zero-order chi connectivity index (χ0) is 21.0. The molecule has 0 saturated heterocycles. The third kappa shape index (κ3) is 4.49. The number of rotatable bonds is 7. The topological polar surface area (TPSA) is 78.3 Å². The highest BCUT2D eigenvalue weighted by atomic mass is 32.2. The molecule has 2 aromatic heterocycles. The van der Waals surface area contributed by atoms with Crippen molar-refractivity contribution in [3.8, 4) is 11.5 Å². The molecule has 3 heterocycles. The summed E-state index contributed by atoms with van der Waals surface area (Å²) in [5.41, 5.74) is 2.90. The number of nitrogens with one attached hydrogen (secondary N) is 1. The summed E-state index contributed by atoms with van der Waals surface area (Å²) in [5, 5.41) is 2.99. The lowest BCUT2D eigenvalue weighted by Crippen LogP contribution is -2.24. The summed E-state index contributed by atoms with van der Waals surface area (Å²) in [5.74, 6) is 3.61. The molecule has 0 spiro atoms. The molecule has 1 aromatic carbocycles. The Balaban J connectivity index is 1.18. The number of hydrogen-bond acceptors (Lipinski definition) is 6. The first-order valence-corrected chi connectivity index (χ1v) is 12.0. The number of ether oxygens (including phenoxy) is 2. The number of imidazole rings is 1. The van der Waals surface area contributed by atoms with Crippen molar-refractivity contribution in [2.24, 2.45) is 0 Å². The Morgan fingerprint density at radius 3 is 2.94 bits per heavy atom. The number of hydrogen-bond donors (Lipinski definition) is 1. The van der Waals surface area contributed by atoms with E-state index >= 15 is 0 Å². The van der Waals surface area contributed by atoms with Crippen molar-refractivity contribution in [3.05, 3.63) is 47.9 Å². The van der Waals surface area contributed by atoms with Crippen molar-refractivity contribution in [2.75, 3.05) is 12.5 Å². The van der Waals surface area contributed by atoms with Crippen LogP contribution in [0.2, 0.25) is 0 Å². The van der Waals surface area contributed by atoms with E-state index in [1.807, 2.05) is 36.5 Å². The number of aromatic nitrogens is 3. The van der Waals surface area contributed by atoms with Gasteiger partial charge >= 0.3 is 0 Å². The minimum absolute atomic E-state index is 0.0149. The number of pyridine rings is 1. The number of amides is 1.